The average Bonchev–Trinajstić information content (AvgIpc) is 3.01. The van der Waals surface area contributed by atoms with E-state index in [1.54, 1.807) is 12.1 Å². The standard InChI is InChI=1S/C16H9BrF2N2O3/c17-10-3-1-2-9(6-10)15-20-14(24-21-15)8-23-16(22)12-5-4-11(18)7-13(12)19/h1-7H,8H2. The molecule has 0 amide bonds. The molecule has 0 fully saturated rings. The minimum absolute atomic E-state index is 0.0563. The summed E-state index contributed by atoms with van der Waals surface area (Å²) in [6, 6.07) is 9.84. The quantitative estimate of drug-likeness (QED) is 0.622. The molecule has 0 radical (unpaired) electrons. The van der Waals surface area contributed by atoms with Crippen LogP contribution in [0.4, 0.5) is 8.78 Å². The van der Waals surface area contributed by atoms with E-state index in [2.05, 4.69) is 26.1 Å². The molecule has 8 heteroatoms. The van der Waals surface area contributed by atoms with Crippen molar-refractivity contribution in [2.75, 3.05) is 0 Å². The van der Waals surface area contributed by atoms with Crippen molar-refractivity contribution in [3.8, 4) is 11.4 Å². The molecule has 24 heavy (non-hydrogen) atoms. The molecule has 2 aromatic carbocycles. The van der Waals surface area contributed by atoms with Gasteiger partial charge in [0.1, 0.15) is 11.6 Å². The van der Waals surface area contributed by atoms with Crippen LogP contribution in [-0.2, 0) is 11.3 Å². The lowest BCUT2D eigenvalue weighted by molar-refractivity contribution is 0.0424. The van der Waals surface area contributed by atoms with Gasteiger partial charge in [-0.3, -0.25) is 0 Å². The first-order chi connectivity index (χ1) is 11.5. The molecule has 3 rings (SSSR count). The Morgan fingerprint density at radius 2 is 2.04 bits per heavy atom. The number of esters is 1. The van der Waals surface area contributed by atoms with Crippen LogP contribution in [0.15, 0.2) is 51.5 Å². The number of rotatable bonds is 4. The highest BCUT2D eigenvalue weighted by Crippen LogP contribution is 2.20. The Balaban J connectivity index is 1.68. The van der Waals surface area contributed by atoms with Crippen LogP contribution in [-0.4, -0.2) is 16.1 Å². The summed E-state index contributed by atoms with van der Waals surface area (Å²) in [6.45, 7) is -0.323. The van der Waals surface area contributed by atoms with Crippen LogP contribution in [0.25, 0.3) is 11.4 Å². The first-order valence-corrected chi connectivity index (χ1v) is 7.53. The number of hydrogen-bond acceptors (Lipinski definition) is 5. The zero-order valence-electron chi connectivity index (χ0n) is 12.0. The maximum absolute atomic E-state index is 13.5. The number of nitrogens with zero attached hydrogens (tertiary/aromatic N) is 2. The average molecular weight is 395 g/mol. The molecule has 0 aliphatic rings. The Morgan fingerprint density at radius 3 is 2.79 bits per heavy atom. The van der Waals surface area contributed by atoms with E-state index < -0.39 is 17.6 Å². The van der Waals surface area contributed by atoms with Gasteiger partial charge in [0.2, 0.25) is 5.82 Å². The third-order valence-electron chi connectivity index (χ3n) is 3.03. The first-order valence-electron chi connectivity index (χ1n) is 6.73. The summed E-state index contributed by atoms with van der Waals surface area (Å²) in [5.74, 6) is -2.34. The van der Waals surface area contributed by atoms with Crippen molar-refractivity contribution in [3.05, 3.63) is 70.0 Å². The van der Waals surface area contributed by atoms with E-state index in [4.69, 9.17) is 9.26 Å². The summed E-state index contributed by atoms with van der Waals surface area (Å²) < 4.78 is 37.1. The second kappa shape index (κ2) is 6.88. The van der Waals surface area contributed by atoms with Crippen LogP contribution < -0.4 is 0 Å². The molecule has 0 saturated carbocycles. The van der Waals surface area contributed by atoms with Crippen molar-refractivity contribution < 1.29 is 22.8 Å². The molecule has 0 aliphatic carbocycles. The molecular weight excluding hydrogens is 386 g/mol. The second-order valence-electron chi connectivity index (χ2n) is 4.72. The normalized spacial score (nSPS) is 10.6. The van der Waals surface area contributed by atoms with Gasteiger partial charge >= 0.3 is 5.97 Å². The Hall–Kier alpha value is -2.61. The predicted molar refractivity (Wildman–Crippen MR) is 82.9 cm³/mol. The van der Waals surface area contributed by atoms with Crippen LogP contribution in [0.5, 0.6) is 0 Å². The van der Waals surface area contributed by atoms with E-state index in [-0.39, 0.29) is 18.1 Å². The number of carbonyl (C=O) groups is 1. The summed E-state index contributed by atoms with van der Waals surface area (Å²) in [6.07, 6.45) is 0. The molecular formula is C16H9BrF2N2O3. The molecule has 0 saturated heterocycles. The summed E-state index contributed by atoms with van der Waals surface area (Å²) in [4.78, 5) is 15.9. The lowest BCUT2D eigenvalue weighted by Gasteiger charge is -2.03. The van der Waals surface area contributed by atoms with Gasteiger partial charge in [-0.2, -0.15) is 4.98 Å². The van der Waals surface area contributed by atoms with Gasteiger partial charge in [0.15, 0.2) is 6.61 Å². The van der Waals surface area contributed by atoms with Crippen LogP contribution in [0.3, 0.4) is 0 Å². The van der Waals surface area contributed by atoms with Crippen molar-refractivity contribution >= 4 is 21.9 Å². The fourth-order valence-electron chi connectivity index (χ4n) is 1.92. The molecule has 1 heterocycles. The first kappa shape index (κ1) is 16.3. The van der Waals surface area contributed by atoms with Crippen LogP contribution in [0, 0.1) is 11.6 Å². The van der Waals surface area contributed by atoms with Gasteiger partial charge in [-0.1, -0.05) is 33.2 Å². The highest BCUT2D eigenvalue weighted by molar-refractivity contribution is 9.10. The van der Waals surface area contributed by atoms with Crippen LogP contribution >= 0.6 is 15.9 Å². The van der Waals surface area contributed by atoms with E-state index >= 15 is 0 Å². The Labute approximate surface area is 143 Å². The highest BCUT2D eigenvalue weighted by Gasteiger charge is 2.16. The van der Waals surface area contributed by atoms with Crippen molar-refractivity contribution in [1.82, 2.24) is 10.1 Å². The fourth-order valence-corrected chi connectivity index (χ4v) is 2.32. The Bertz CT molecular complexity index is 899. The fraction of sp³-hybridized carbons (Fsp3) is 0.0625. The van der Waals surface area contributed by atoms with E-state index in [1.807, 2.05) is 12.1 Å². The third-order valence-corrected chi connectivity index (χ3v) is 3.52. The number of aromatic nitrogens is 2. The lowest BCUT2D eigenvalue weighted by Crippen LogP contribution is -2.08. The molecule has 0 spiro atoms. The molecule has 0 unspecified atom stereocenters. The van der Waals surface area contributed by atoms with Crippen molar-refractivity contribution in [1.29, 1.82) is 0 Å². The van der Waals surface area contributed by atoms with Crippen molar-refractivity contribution in [3.63, 3.8) is 0 Å². The largest absolute Gasteiger partial charge is 0.452 e. The maximum atomic E-state index is 13.5. The van der Waals surface area contributed by atoms with Crippen LogP contribution in [0.1, 0.15) is 16.2 Å². The molecule has 0 atom stereocenters. The number of ether oxygens (including phenoxy) is 1. The molecule has 0 bridgehead atoms. The monoisotopic (exact) mass is 394 g/mol. The zero-order chi connectivity index (χ0) is 17.1. The van der Waals surface area contributed by atoms with Crippen molar-refractivity contribution in [2.24, 2.45) is 0 Å². The molecule has 122 valence electrons. The number of benzene rings is 2. The van der Waals surface area contributed by atoms with Gasteiger partial charge < -0.3 is 9.26 Å². The van der Waals surface area contributed by atoms with E-state index in [0.717, 1.165) is 22.2 Å². The van der Waals surface area contributed by atoms with Gasteiger partial charge in [0, 0.05) is 16.1 Å². The molecule has 0 aliphatic heterocycles. The van der Waals surface area contributed by atoms with E-state index in [0.29, 0.717) is 11.9 Å². The summed E-state index contributed by atoms with van der Waals surface area (Å²) >= 11 is 3.34. The van der Waals surface area contributed by atoms with E-state index in [9.17, 15) is 13.6 Å². The summed E-state index contributed by atoms with van der Waals surface area (Å²) in [7, 11) is 0. The lowest BCUT2D eigenvalue weighted by atomic mass is 10.2. The van der Waals surface area contributed by atoms with Gasteiger partial charge in [0.05, 0.1) is 5.56 Å². The number of halogens is 3. The predicted octanol–water partition coefficient (Wildman–Crippen LogP) is 4.13. The topological polar surface area (TPSA) is 65.2 Å². The molecule has 0 N–H and O–H groups in total. The molecule has 1 aromatic heterocycles. The van der Waals surface area contributed by atoms with Crippen molar-refractivity contribution in [2.45, 2.75) is 6.61 Å². The summed E-state index contributed by atoms with van der Waals surface area (Å²) in [5.41, 5.74) is 0.346. The summed E-state index contributed by atoms with van der Waals surface area (Å²) in [5, 5.41) is 3.79. The van der Waals surface area contributed by atoms with Gasteiger partial charge in [-0.05, 0) is 24.3 Å². The zero-order valence-corrected chi connectivity index (χ0v) is 13.6. The SMILES string of the molecule is O=C(OCc1nc(-c2cccc(Br)c2)no1)c1ccc(F)cc1F. The van der Waals surface area contributed by atoms with Gasteiger partial charge in [-0.15, -0.1) is 0 Å². The van der Waals surface area contributed by atoms with Gasteiger partial charge in [0.25, 0.3) is 5.89 Å². The maximum Gasteiger partial charge on any atom is 0.341 e. The van der Waals surface area contributed by atoms with E-state index in [1.165, 1.54) is 0 Å². The third kappa shape index (κ3) is 3.65. The minimum atomic E-state index is -1.000. The van der Waals surface area contributed by atoms with Crippen LogP contribution in [0.2, 0.25) is 0 Å². The Morgan fingerprint density at radius 1 is 1.21 bits per heavy atom. The second-order valence-corrected chi connectivity index (χ2v) is 5.64. The number of carbonyl (C=O) groups excluding carboxylic acids is 1. The van der Waals surface area contributed by atoms with Gasteiger partial charge in [-0.25, -0.2) is 13.6 Å². The molecule has 5 nitrogen and oxygen atoms in total. The Kier molecular flexibility index (Phi) is 4.66. The minimum Gasteiger partial charge on any atom is -0.452 e. The highest BCUT2D eigenvalue weighted by atomic mass is 79.9. The smallest absolute Gasteiger partial charge is 0.341 e. The molecule has 3 aromatic rings. The number of hydrogen-bond donors (Lipinski definition) is 0.